The summed E-state index contributed by atoms with van der Waals surface area (Å²) in [5.41, 5.74) is 0.686. The van der Waals surface area contributed by atoms with Crippen LogP contribution in [0.5, 0.6) is 0 Å². The maximum absolute atomic E-state index is 12.1. The van der Waals surface area contributed by atoms with Crippen LogP contribution in [-0.4, -0.2) is 11.7 Å². The first kappa shape index (κ1) is 10.7. The summed E-state index contributed by atoms with van der Waals surface area (Å²) in [7, 11) is 0. The van der Waals surface area contributed by atoms with Crippen LogP contribution in [0.2, 0.25) is 0 Å². The van der Waals surface area contributed by atoms with Gasteiger partial charge in [0, 0.05) is 12.3 Å². The number of halogens is 1. The predicted octanol–water partition coefficient (Wildman–Crippen LogP) is 3.31. The van der Waals surface area contributed by atoms with Crippen LogP contribution >= 0.6 is 11.6 Å². The van der Waals surface area contributed by atoms with E-state index in [1.165, 1.54) is 0 Å². The molecule has 0 aliphatic heterocycles. The molecule has 80 valence electrons. The van der Waals surface area contributed by atoms with Crippen molar-refractivity contribution in [3.8, 4) is 0 Å². The Labute approximate surface area is 95.4 Å². The molecule has 1 aliphatic rings. The number of alkyl halides is 1. The summed E-state index contributed by atoms with van der Waals surface area (Å²) in [6, 6.07) is 9.97. The van der Waals surface area contributed by atoms with Crippen molar-refractivity contribution in [3.05, 3.63) is 35.9 Å². The zero-order valence-corrected chi connectivity index (χ0v) is 9.46. The van der Waals surface area contributed by atoms with E-state index >= 15 is 0 Å². The molecule has 1 atom stereocenters. The van der Waals surface area contributed by atoms with Crippen LogP contribution in [0.15, 0.2) is 30.3 Å². The lowest BCUT2D eigenvalue weighted by Gasteiger charge is -2.34. The molecule has 1 saturated carbocycles. The SMILES string of the molecule is O=C1CCCC[C@]1(CCl)c1ccccc1. The molecule has 2 rings (SSSR count). The molecule has 0 bridgehead atoms. The maximum atomic E-state index is 12.1. The minimum Gasteiger partial charge on any atom is -0.299 e. The Bertz CT molecular complexity index is 347. The number of benzene rings is 1. The molecule has 0 unspecified atom stereocenters. The van der Waals surface area contributed by atoms with Gasteiger partial charge in [-0.15, -0.1) is 11.6 Å². The fraction of sp³-hybridized carbons (Fsp3) is 0.462. The van der Waals surface area contributed by atoms with Crippen molar-refractivity contribution in [1.82, 2.24) is 0 Å². The zero-order chi connectivity index (χ0) is 10.7. The molecule has 2 heteroatoms. The second-order valence-electron chi connectivity index (χ2n) is 4.21. The van der Waals surface area contributed by atoms with E-state index < -0.39 is 5.41 Å². The van der Waals surface area contributed by atoms with Gasteiger partial charge in [0.25, 0.3) is 0 Å². The molecule has 0 amide bonds. The Balaban J connectivity index is 2.40. The summed E-state index contributed by atoms with van der Waals surface area (Å²) in [6.07, 6.45) is 3.71. The number of hydrogen-bond acceptors (Lipinski definition) is 1. The maximum Gasteiger partial charge on any atom is 0.144 e. The third kappa shape index (κ3) is 1.81. The van der Waals surface area contributed by atoms with Crippen molar-refractivity contribution in [2.24, 2.45) is 0 Å². The molecule has 0 aromatic heterocycles. The predicted molar refractivity (Wildman–Crippen MR) is 62.3 cm³/mol. The third-order valence-corrected chi connectivity index (χ3v) is 3.80. The van der Waals surface area contributed by atoms with Gasteiger partial charge in [-0.3, -0.25) is 4.79 Å². The van der Waals surface area contributed by atoms with Gasteiger partial charge in [0.1, 0.15) is 5.78 Å². The third-order valence-electron chi connectivity index (χ3n) is 3.35. The van der Waals surface area contributed by atoms with E-state index in [1.807, 2.05) is 30.3 Å². The van der Waals surface area contributed by atoms with Crippen molar-refractivity contribution in [2.75, 3.05) is 5.88 Å². The molecule has 1 nitrogen and oxygen atoms in total. The fourth-order valence-corrected chi connectivity index (χ4v) is 2.81. The normalized spacial score (nSPS) is 26.6. The lowest BCUT2D eigenvalue weighted by atomic mass is 9.70. The minimum atomic E-state index is -0.402. The first-order valence-electron chi connectivity index (χ1n) is 5.44. The summed E-state index contributed by atoms with van der Waals surface area (Å²) >= 11 is 6.05. The molecule has 0 radical (unpaired) electrons. The summed E-state index contributed by atoms with van der Waals surface area (Å²) in [5, 5.41) is 0. The van der Waals surface area contributed by atoms with E-state index in [9.17, 15) is 4.79 Å². The highest BCUT2D eigenvalue weighted by Gasteiger charge is 2.40. The molecule has 0 heterocycles. The van der Waals surface area contributed by atoms with E-state index in [0.29, 0.717) is 18.1 Å². The number of ketones is 1. The molecule has 15 heavy (non-hydrogen) atoms. The first-order chi connectivity index (χ1) is 7.29. The quantitative estimate of drug-likeness (QED) is 0.702. The van der Waals surface area contributed by atoms with Gasteiger partial charge in [0.05, 0.1) is 5.41 Å². The van der Waals surface area contributed by atoms with Crippen LogP contribution in [0.1, 0.15) is 31.2 Å². The highest BCUT2D eigenvalue weighted by molar-refractivity contribution is 6.21. The van der Waals surface area contributed by atoms with Crippen molar-refractivity contribution in [2.45, 2.75) is 31.1 Å². The number of hydrogen-bond donors (Lipinski definition) is 0. The van der Waals surface area contributed by atoms with E-state index in [2.05, 4.69) is 0 Å². The molecule has 1 fully saturated rings. The number of carbonyl (C=O) groups excluding carboxylic acids is 1. The van der Waals surface area contributed by atoms with Crippen LogP contribution in [0.3, 0.4) is 0 Å². The van der Waals surface area contributed by atoms with Gasteiger partial charge in [-0.1, -0.05) is 36.8 Å². The zero-order valence-electron chi connectivity index (χ0n) is 8.71. The van der Waals surface area contributed by atoms with Crippen molar-refractivity contribution < 1.29 is 4.79 Å². The van der Waals surface area contributed by atoms with Gasteiger partial charge in [-0.05, 0) is 18.4 Å². The molecule has 1 aromatic rings. The van der Waals surface area contributed by atoms with E-state index in [1.54, 1.807) is 0 Å². The Morgan fingerprint density at radius 1 is 1.20 bits per heavy atom. The van der Waals surface area contributed by atoms with Crippen LogP contribution in [0.25, 0.3) is 0 Å². The average Bonchev–Trinajstić information content (AvgIpc) is 2.31. The van der Waals surface area contributed by atoms with Crippen molar-refractivity contribution >= 4 is 17.4 Å². The second-order valence-corrected chi connectivity index (χ2v) is 4.48. The Hall–Kier alpha value is -0.820. The smallest absolute Gasteiger partial charge is 0.144 e. The minimum absolute atomic E-state index is 0.315. The standard InChI is InChI=1S/C13H15ClO/c14-10-13(9-5-4-8-12(13)15)11-6-2-1-3-7-11/h1-3,6-7H,4-5,8-10H2/t13-/m0/s1. The second kappa shape index (κ2) is 4.36. The van der Waals surface area contributed by atoms with Gasteiger partial charge in [0.15, 0.2) is 0 Å². The highest BCUT2D eigenvalue weighted by atomic mass is 35.5. The molecular weight excluding hydrogens is 208 g/mol. The van der Waals surface area contributed by atoms with Crippen LogP contribution in [0, 0.1) is 0 Å². The van der Waals surface area contributed by atoms with E-state index in [-0.39, 0.29) is 0 Å². The number of rotatable bonds is 2. The number of carbonyl (C=O) groups is 1. The van der Waals surface area contributed by atoms with Gasteiger partial charge in [-0.2, -0.15) is 0 Å². The molecule has 0 saturated heterocycles. The van der Waals surface area contributed by atoms with E-state index in [0.717, 1.165) is 24.8 Å². The number of Topliss-reactive ketones (excluding diaryl/α,β-unsaturated/α-hetero) is 1. The molecule has 1 aliphatic carbocycles. The van der Waals surface area contributed by atoms with Gasteiger partial charge in [0.2, 0.25) is 0 Å². The van der Waals surface area contributed by atoms with Crippen molar-refractivity contribution in [1.29, 1.82) is 0 Å². The lowest BCUT2D eigenvalue weighted by Crippen LogP contribution is -2.40. The Morgan fingerprint density at radius 2 is 1.93 bits per heavy atom. The summed E-state index contributed by atoms with van der Waals surface area (Å²) < 4.78 is 0. The summed E-state index contributed by atoms with van der Waals surface area (Å²) in [4.78, 5) is 12.1. The Kier molecular flexibility index (Phi) is 3.11. The van der Waals surface area contributed by atoms with Crippen LogP contribution in [-0.2, 0) is 10.2 Å². The van der Waals surface area contributed by atoms with E-state index in [4.69, 9.17) is 11.6 Å². The molecule has 0 spiro atoms. The van der Waals surface area contributed by atoms with Gasteiger partial charge >= 0.3 is 0 Å². The largest absolute Gasteiger partial charge is 0.299 e. The monoisotopic (exact) mass is 222 g/mol. The van der Waals surface area contributed by atoms with Crippen LogP contribution in [0.4, 0.5) is 0 Å². The highest BCUT2D eigenvalue weighted by Crippen LogP contribution is 2.37. The molecular formula is C13H15ClO. The van der Waals surface area contributed by atoms with Gasteiger partial charge < -0.3 is 0 Å². The topological polar surface area (TPSA) is 17.1 Å². The summed E-state index contributed by atoms with van der Waals surface area (Å²) in [5.74, 6) is 0.727. The van der Waals surface area contributed by atoms with Crippen LogP contribution < -0.4 is 0 Å². The molecule has 1 aromatic carbocycles. The molecule has 0 N–H and O–H groups in total. The van der Waals surface area contributed by atoms with Crippen molar-refractivity contribution in [3.63, 3.8) is 0 Å². The average molecular weight is 223 g/mol. The fourth-order valence-electron chi connectivity index (χ4n) is 2.37. The first-order valence-corrected chi connectivity index (χ1v) is 5.98. The van der Waals surface area contributed by atoms with Gasteiger partial charge in [-0.25, -0.2) is 0 Å². The Morgan fingerprint density at radius 3 is 2.53 bits per heavy atom. The summed E-state index contributed by atoms with van der Waals surface area (Å²) in [6.45, 7) is 0. The lowest BCUT2D eigenvalue weighted by molar-refractivity contribution is -0.125.